The number of hydrogen-bond acceptors (Lipinski definition) is 6. The summed E-state index contributed by atoms with van der Waals surface area (Å²) in [6.07, 6.45) is 14.2. The number of ketones is 1. The minimum Gasteiger partial charge on any atom is -0.393 e. The summed E-state index contributed by atoms with van der Waals surface area (Å²) in [6.45, 7) is 11.6. The quantitative estimate of drug-likeness (QED) is 0.219. The van der Waals surface area contributed by atoms with Gasteiger partial charge < -0.3 is 25.7 Å². The third-order valence-electron chi connectivity index (χ3n) is 15.1. The zero-order valence-corrected chi connectivity index (χ0v) is 29.1. The van der Waals surface area contributed by atoms with Crippen LogP contribution < -0.4 is 5.32 Å². The van der Waals surface area contributed by atoms with Crippen LogP contribution in [0, 0.1) is 51.8 Å². The zero-order valence-electron chi connectivity index (χ0n) is 29.1. The van der Waals surface area contributed by atoms with E-state index in [0.29, 0.717) is 30.7 Å². The van der Waals surface area contributed by atoms with E-state index in [0.717, 1.165) is 31.3 Å². The number of rotatable bonds is 7. The van der Waals surface area contributed by atoms with Crippen LogP contribution in [0.1, 0.15) is 125 Å². The molecule has 11 atom stereocenters. The second kappa shape index (κ2) is 12.1. The van der Waals surface area contributed by atoms with Crippen LogP contribution in [0.25, 0.3) is 0 Å². The lowest BCUT2D eigenvalue weighted by Crippen LogP contribution is -2.64. The number of aliphatic hydroxyl groups excluding tert-OH is 3. The number of aliphatic hydroxyl groups is 4. The fourth-order valence-electron chi connectivity index (χ4n) is 12.7. The lowest BCUT2D eigenvalue weighted by molar-refractivity contribution is -0.169. The molecule has 5 fully saturated rings. The summed E-state index contributed by atoms with van der Waals surface area (Å²) < 4.78 is 0. The lowest BCUT2D eigenvalue weighted by atomic mass is 9.44. The first-order valence-corrected chi connectivity index (χ1v) is 18.6. The summed E-state index contributed by atoms with van der Waals surface area (Å²) in [6, 6.07) is 0. The Morgan fingerprint density at radius 2 is 1.71 bits per heavy atom. The SMILES string of the molecule is CNC[C@@H]1[C@@H](O)[C@@H](O)C[C@@]2(C)[C@@H]1C(=O)C=C1[C@@H]2CC[C@]2(C)[C@@H]([C@H](C)[C@H](O)C/C(=C3/CCCC4(CCCC4)C3)C(C)C)CC[C@@]12O. The van der Waals surface area contributed by atoms with E-state index >= 15 is 0 Å². The molecule has 0 saturated heterocycles. The number of carbonyl (C=O) groups is 1. The average molecular weight is 626 g/mol. The molecule has 6 aliphatic carbocycles. The van der Waals surface area contributed by atoms with Gasteiger partial charge >= 0.3 is 0 Å². The van der Waals surface area contributed by atoms with Crippen LogP contribution in [0.15, 0.2) is 22.8 Å². The van der Waals surface area contributed by atoms with Gasteiger partial charge in [0.15, 0.2) is 5.78 Å². The van der Waals surface area contributed by atoms with Crippen molar-refractivity contribution >= 4 is 5.78 Å². The molecule has 6 rings (SSSR count). The molecule has 0 amide bonds. The maximum Gasteiger partial charge on any atom is 0.159 e. The highest BCUT2D eigenvalue weighted by molar-refractivity contribution is 5.95. The van der Waals surface area contributed by atoms with Crippen LogP contribution in [0.4, 0.5) is 0 Å². The van der Waals surface area contributed by atoms with Crippen molar-refractivity contribution in [1.29, 1.82) is 0 Å². The van der Waals surface area contributed by atoms with Gasteiger partial charge in [-0.2, -0.15) is 0 Å². The van der Waals surface area contributed by atoms with Gasteiger partial charge in [0.1, 0.15) is 0 Å². The molecule has 1 spiro atoms. The maximum atomic E-state index is 14.0. The van der Waals surface area contributed by atoms with Gasteiger partial charge in [0.05, 0.1) is 23.9 Å². The van der Waals surface area contributed by atoms with Crippen LogP contribution in [-0.4, -0.2) is 63.7 Å². The minimum absolute atomic E-state index is 0.00903. The number of fused-ring (bicyclic) bond motifs is 5. The van der Waals surface area contributed by atoms with Crippen molar-refractivity contribution in [3.05, 3.63) is 22.8 Å². The van der Waals surface area contributed by atoms with Crippen molar-refractivity contribution < 1.29 is 25.2 Å². The third-order valence-corrected chi connectivity index (χ3v) is 15.1. The number of hydrogen-bond donors (Lipinski definition) is 5. The smallest absolute Gasteiger partial charge is 0.159 e. The molecule has 5 N–H and O–H groups in total. The molecule has 0 aromatic rings. The second-order valence-electron chi connectivity index (χ2n) is 17.6. The van der Waals surface area contributed by atoms with Crippen LogP contribution >= 0.6 is 0 Å². The summed E-state index contributed by atoms with van der Waals surface area (Å²) in [5.41, 5.74) is 2.44. The highest BCUT2D eigenvalue weighted by Gasteiger charge is 2.68. The Balaban J connectivity index is 1.25. The van der Waals surface area contributed by atoms with Gasteiger partial charge in [0, 0.05) is 23.8 Å². The predicted molar refractivity (Wildman–Crippen MR) is 178 cm³/mol. The number of allylic oxidation sites excluding steroid dienone is 2. The summed E-state index contributed by atoms with van der Waals surface area (Å²) in [5.74, 6) is -0.145. The van der Waals surface area contributed by atoms with E-state index in [-0.39, 0.29) is 35.4 Å². The van der Waals surface area contributed by atoms with Crippen LogP contribution in [-0.2, 0) is 4.79 Å². The van der Waals surface area contributed by atoms with E-state index in [1.54, 1.807) is 11.6 Å². The Hall–Kier alpha value is -1.05. The van der Waals surface area contributed by atoms with Gasteiger partial charge in [0.25, 0.3) is 0 Å². The highest BCUT2D eigenvalue weighted by atomic mass is 16.3. The molecule has 6 nitrogen and oxygen atoms in total. The van der Waals surface area contributed by atoms with Crippen molar-refractivity contribution in [3.63, 3.8) is 0 Å². The van der Waals surface area contributed by atoms with E-state index in [1.165, 1.54) is 56.9 Å². The fraction of sp³-hybridized carbons (Fsp3) is 0.872. The Morgan fingerprint density at radius 3 is 2.38 bits per heavy atom. The van der Waals surface area contributed by atoms with Gasteiger partial charge in [-0.1, -0.05) is 58.6 Å². The topological polar surface area (TPSA) is 110 Å². The van der Waals surface area contributed by atoms with Crippen molar-refractivity contribution in [1.82, 2.24) is 5.32 Å². The summed E-state index contributed by atoms with van der Waals surface area (Å²) in [4.78, 5) is 14.0. The zero-order chi connectivity index (χ0) is 32.5. The molecule has 0 aromatic heterocycles. The Morgan fingerprint density at radius 1 is 1.02 bits per heavy atom. The van der Waals surface area contributed by atoms with Gasteiger partial charge in [0.2, 0.25) is 0 Å². The Kier molecular flexibility index (Phi) is 9.12. The molecule has 0 unspecified atom stereocenters. The first kappa shape index (κ1) is 33.8. The predicted octanol–water partition coefficient (Wildman–Crippen LogP) is 6.11. The second-order valence-corrected chi connectivity index (χ2v) is 17.6. The standard InChI is InChI=1S/C39H63NO5/c1-23(2)26(25-10-9-15-38(20-25)13-7-8-14-38)18-31(41)24(3)28-12-17-39(45)30-19-32(42)34-27(22-40-6)35(44)33(43)21-36(34,4)29(30)11-16-37(28,39)5/h19,23-24,27-29,31,33-35,40-41,43-45H,7-18,20-22H2,1-6H3/b26-25+/t24-,27-,28+,29-,31+,33-,34-,35+,36+,37+,39+/m0/s1. The van der Waals surface area contributed by atoms with Gasteiger partial charge in [-0.3, -0.25) is 4.79 Å². The molecule has 0 aliphatic heterocycles. The van der Waals surface area contributed by atoms with Crippen molar-refractivity contribution in [3.8, 4) is 0 Å². The highest BCUT2D eigenvalue weighted by Crippen LogP contribution is 2.68. The summed E-state index contributed by atoms with van der Waals surface area (Å²) in [7, 11) is 1.82. The van der Waals surface area contributed by atoms with Crippen LogP contribution in [0.3, 0.4) is 0 Å². The average Bonchev–Trinajstić information content (AvgIpc) is 3.54. The first-order chi connectivity index (χ1) is 21.2. The summed E-state index contributed by atoms with van der Waals surface area (Å²) >= 11 is 0. The largest absolute Gasteiger partial charge is 0.393 e. The maximum absolute atomic E-state index is 14.0. The molecule has 6 heteroatoms. The van der Waals surface area contributed by atoms with Gasteiger partial charge in [-0.05, 0) is 130 Å². The van der Waals surface area contributed by atoms with Crippen LogP contribution in [0.2, 0.25) is 0 Å². The Labute approximate surface area is 272 Å². The van der Waals surface area contributed by atoms with E-state index in [9.17, 15) is 25.2 Å². The minimum atomic E-state index is -1.10. The molecule has 6 aliphatic rings. The van der Waals surface area contributed by atoms with Crippen LogP contribution in [0.5, 0.6) is 0 Å². The molecule has 45 heavy (non-hydrogen) atoms. The summed E-state index contributed by atoms with van der Waals surface area (Å²) in [5, 5.41) is 49.7. The lowest BCUT2D eigenvalue weighted by Gasteiger charge is -2.61. The normalized spacial score (nSPS) is 45.1. The molecule has 0 heterocycles. The molecule has 254 valence electrons. The van der Waals surface area contributed by atoms with Crippen molar-refractivity contribution in [2.75, 3.05) is 13.6 Å². The van der Waals surface area contributed by atoms with E-state index < -0.39 is 34.7 Å². The number of nitrogens with one attached hydrogen (secondary N) is 1. The van der Waals surface area contributed by atoms with E-state index in [1.807, 2.05) is 7.05 Å². The van der Waals surface area contributed by atoms with Crippen molar-refractivity contribution in [2.24, 2.45) is 51.8 Å². The molecule has 0 bridgehead atoms. The van der Waals surface area contributed by atoms with Gasteiger partial charge in [-0.25, -0.2) is 0 Å². The third kappa shape index (κ3) is 5.27. The van der Waals surface area contributed by atoms with Crippen molar-refractivity contribution in [2.45, 2.75) is 148 Å². The molecule has 5 saturated carbocycles. The molecule has 0 radical (unpaired) electrons. The monoisotopic (exact) mass is 625 g/mol. The number of carbonyl (C=O) groups excluding carboxylic acids is 1. The fourth-order valence-corrected chi connectivity index (χ4v) is 12.7. The molecular formula is C39H63NO5. The van der Waals surface area contributed by atoms with E-state index in [4.69, 9.17) is 0 Å². The van der Waals surface area contributed by atoms with Gasteiger partial charge in [-0.15, -0.1) is 0 Å². The molecule has 0 aromatic carbocycles. The first-order valence-electron chi connectivity index (χ1n) is 18.6. The van der Waals surface area contributed by atoms with E-state index in [2.05, 4.69) is 39.9 Å². The molecular weight excluding hydrogens is 562 g/mol. The Bertz CT molecular complexity index is 1200.